The maximum Gasteiger partial charge on any atom is 0.211 e. The monoisotopic (exact) mass is 458 g/mol. The molecule has 0 saturated carbocycles. The summed E-state index contributed by atoms with van der Waals surface area (Å²) in [6.07, 6.45) is 2.04. The Balaban J connectivity index is 2.04. The molecule has 3 nitrogen and oxygen atoms in total. The Morgan fingerprint density at radius 3 is 2.62 bits per heavy atom. The SMILES string of the molecule is CC(C)SC(=O)[C@@H](NC(=S)C[C@@H]1CCC(=S)N1Cc1cccc(F)c1F)C(C)C. The van der Waals surface area contributed by atoms with Gasteiger partial charge in [-0.05, 0) is 24.8 Å². The summed E-state index contributed by atoms with van der Waals surface area (Å²) in [6.45, 7) is 8.17. The molecule has 1 aliphatic rings. The van der Waals surface area contributed by atoms with Crippen LogP contribution >= 0.6 is 36.2 Å². The minimum Gasteiger partial charge on any atom is -0.369 e. The van der Waals surface area contributed by atoms with Crippen molar-refractivity contribution in [1.82, 2.24) is 10.2 Å². The number of hydrogen-bond donors (Lipinski definition) is 1. The fraction of sp³-hybridized carbons (Fsp3) is 0.571. The van der Waals surface area contributed by atoms with Gasteiger partial charge in [-0.25, -0.2) is 8.78 Å². The van der Waals surface area contributed by atoms with Crippen molar-refractivity contribution >= 4 is 51.3 Å². The lowest BCUT2D eigenvalue weighted by molar-refractivity contribution is -0.113. The molecule has 8 heteroatoms. The van der Waals surface area contributed by atoms with E-state index in [-0.39, 0.29) is 40.5 Å². The summed E-state index contributed by atoms with van der Waals surface area (Å²) < 4.78 is 27.7. The Morgan fingerprint density at radius 1 is 1.31 bits per heavy atom. The van der Waals surface area contributed by atoms with Crippen LogP contribution in [0.5, 0.6) is 0 Å². The lowest BCUT2D eigenvalue weighted by Gasteiger charge is -2.29. The van der Waals surface area contributed by atoms with Crippen LogP contribution in [0.1, 0.15) is 52.5 Å². The van der Waals surface area contributed by atoms with E-state index in [0.29, 0.717) is 11.4 Å². The van der Waals surface area contributed by atoms with Gasteiger partial charge in [0.05, 0.1) is 16.0 Å². The van der Waals surface area contributed by atoms with E-state index >= 15 is 0 Å². The zero-order valence-corrected chi connectivity index (χ0v) is 19.7. The van der Waals surface area contributed by atoms with E-state index in [4.69, 9.17) is 24.4 Å². The van der Waals surface area contributed by atoms with Crippen molar-refractivity contribution in [2.75, 3.05) is 0 Å². The predicted molar refractivity (Wildman–Crippen MR) is 124 cm³/mol. The van der Waals surface area contributed by atoms with E-state index in [9.17, 15) is 13.6 Å². The zero-order valence-electron chi connectivity index (χ0n) is 17.2. The third-order valence-electron chi connectivity index (χ3n) is 4.83. The van der Waals surface area contributed by atoms with Gasteiger partial charge in [-0.15, -0.1) is 0 Å². The molecule has 0 aliphatic carbocycles. The number of halogens is 2. The molecule has 0 radical (unpaired) electrons. The number of benzene rings is 1. The molecular weight excluding hydrogens is 430 g/mol. The van der Waals surface area contributed by atoms with Crippen molar-refractivity contribution in [2.24, 2.45) is 5.92 Å². The third-order valence-corrected chi connectivity index (χ3v) is 6.52. The molecule has 1 heterocycles. The van der Waals surface area contributed by atoms with Crippen molar-refractivity contribution < 1.29 is 13.6 Å². The number of carbonyl (C=O) groups is 1. The van der Waals surface area contributed by atoms with Crippen LogP contribution in [0.3, 0.4) is 0 Å². The molecule has 1 aliphatic heterocycles. The largest absolute Gasteiger partial charge is 0.369 e. The number of rotatable bonds is 8. The minimum absolute atomic E-state index is 0.00540. The lowest BCUT2D eigenvalue weighted by atomic mass is 10.0. The molecular formula is C21H28F2N2OS3. The molecule has 1 fully saturated rings. The Labute approximate surface area is 187 Å². The summed E-state index contributed by atoms with van der Waals surface area (Å²) in [5.41, 5.74) is 0.279. The van der Waals surface area contributed by atoms with E-state index in [1.54, 1.807) is 6.07 Å². The second-order valence-electron chi connectivity index (χ2n) is 7.91. The number of likely N-dealkylation sites (tertiary alicyclic amines) is 1. The second-order valence-corrected chi connectivity index (χ2v) is 10.5. The average Bonchev–Trinajstić information content (AvgIpc) is 2.95. The van der Waals surface area contributed by atoms with Crippen molar-refractivity contribution in [2.45, 2.75) is 70.8 Å². The van der Waals surface area contributed by atoms with E-state index < -0.39 is 11.6 Å². The third kappa shape index (κ3) is 6.69. The molecule has 1 aromatic carbocycles. The maximum atomic E-state index is 14.1. The number of nitrogens with one attached hydrogen (secondary N) is 1. The Kier molecular flexibility index (Phi) is 8.97. The highest BCUT2D eigenvalue weighted by Gasteiger charge is 2.31. The summed E-state index contributed by atoms with van der Waals surface area (Å²) in [4.78, 5) is 15.8. The summed E-state index contributed by atoms with van der Waals surface area (Å²) in [5, 5.41) is 3.52. The average molecular weight is 459 g/mol. The molecule has 160 valence electrons. The van der Waals surface area contributed by atoms with Crippen molar-refractivity contribution in [3.63, 3.8) is 0 Å². The smallest absolute Gasteiger partial charge is 0.211 e. The highest BCUT2D eigenvalue weighted by Crippen LogP contribution is 2.27. The first-order valence-corrected chi connectivity index (χ1v) is 11.5. The van der Waals surface area contributed by atoms with E-state index in [0.717, 1.165) is 23.9 Å². The van der Waals surface area contributed by atoms with Gasteiger partial charge in [0.15, 0.2) is 11.6 Å². The number of thioether (sulfide) groups is 1. The molecule has 1 saturated heterocycles. The van der Waals surface area contributed by atoms with Crippen molar-refractivity contribution in [1.29, 1.82) is 0 Å². The molecule has 0 amide bonds. The van der Waals surface area contributed by atoms with Crippen LogP contribution in [-0.2, 0) is 11.3 Å². The highest BCUT2D eigenvalue weighted by atomic mass is 32.2. The fourth-order valence-electron chi connectivity index (χ4n) is 3.33. The first kappa shape index (κ1) is 24.2. The first-order chi connectivity index (χ1) is 13.6. The molecule has 1 aromatic rings. The molecule has 29 heavy (non-hydrogen) atoms. The summed E-state index contributed by atoms with van der Waals surface area (Å²) in [5.74, 6) is -1.59. The Morgan fingerprint density at radius 2 is 2.00 bits per heavy atom. The van der Waals surface area contributed by atoms with Gasteiger partial charge in [-0.1, -0.05) is 76.0 Å². The number of thiocarbonyl (C=S) groups is 2. The van der Waals surface area contributed by atoms with Crippen molar-refractivity contribution in [3.05, 3.63) is 35.4 Å². The summed E-state index contributed by atoms with van der Waals surface area (Å²) in [6, 6.07) is 3.84. The van der Waals surface area contributed by atoms with Crippen LogP contribution < -0.4 is 5.32 Å². The van der Waals surface area contributed by atoms with Crippen molar-refractivity contribution in [3.8, 4) is 0 Å². The lowest BCUT2D eigenvalue weighted by Crippen LogP contribution is -2.45. The van der Waals surface area contributed by atoms with E-state index in [2.05, 4.69) is 5.32 Å². The zero-order chi connectivity index (χ0) is 21.7. The minimum atomic E-state index is -0.859. The maximum absolute atomic E-state index is 14.1. The number of carbonyl (C=O) groups excluding carboxylic acids is 1. The number of nitrogens with zero attached hydrogens (tertiary/aromatic N) is 1. The number of hydrogen-bond acceptors (Lipinski definition) is 4. The van der Waals surface area contributed by atoms with Gasteiger partial charge in [-0.3, -0.25) is 4.79 Å². The normalized spacial score (nSPS) is 17.9. The van der Waals surface area contributed by atoms with Crippen LogP contribution in [-0.4, -0.2) is 37.3 Å². The van der Waals surface area contributed by atoms with Crippen LogP contribution in [0, 0.1) is 17.6 Å². The van der Waals surface area contributed by atoms with Gasteiger partial charge in [0, 0.05) is 29.8 Å². The quantitative estimate of drug-likeness (QED) is 0.535. The van der Waals surface area contributed by atoms with Crippen LogP contribution in [0.25, 0.3) is 0 Å². The molecule has 0 spiro atoms. The Bertz CT molecular complexity index is 770. The van der Waals surface area contributed by atoms with Crippen LogP contribution in [0.15, 0.2) is 18.2 Å². The standard InChI is InChI=1S/C21H28F2N2OS3/c1-12(2)20(21(26)29-13(3)4)24-17(27)10-15-8-9-18(28)25(15)11-14-6-5-7-16(22)19(14)23/h5-7,12-13,15,20H,8-11H2,1-4H3,(H,24,27)/t15-,20-/m0/s1. The van der Waals surface area contributed by atoms with Crippen LogP contribution in [0.2, 0.25) is 0 Å². The molecule has 0 bridgehead atoms. The van der Waals surface area contributed by atoms with E-state index in [1.165, 1.54) is 17.8 Å². The van der Waals surface area contributed by atoms with Crippen LogP contribution in [0.4, 0.5) is 8.78 Å². The first-order valence-electron chi connectivity index (χ1n) is 9.82. The second kappa shape index (κ2) is 10.8. The predicted octanol–water partition coefficient (Wildman–Crippen LogP) is 5.26. The summed E-state index contributed by atoms with van der Waals surface area (Å²) in [7, 11) is 0. The summed E-state index contributed by atoms with van der Waals surface area (Å²) >= 11 is 12.3. The van der Waals surface area contributed by atoms with Gasteiger partial charge in [-0.2, -0.15) is 0 Å². The van der Waals surface area contributed by atoms with Gasteiger partial charge in [0.2, 0.25) is 5.12 Å². The molecule has 2 rings (SSSR count). The van der Waals surface area contributed by atoms with Gasteiger partial charge >= 0.3 is 0 Å². The van der Waals surface area contributed by atoms with Gasteiger partial charge in [0.25, 0.3) is 0 Å². The van der Waals surface area contributed by atoms with E-state index in [1.807, 2.05) is 32.6 Å². The topological polar surface area (TPSA) is 32.3 Å². The fourth-order valence-corrected chi connectivity index (χ4v) is 4.92. The Hall–Kier alpha value is -1.12. The highest BCUT2D eigenvalue weighted by molar-refractivity contribution is 8.14. The molecule has 2 atom stereocenters. The molecule has 0 unspecified atom stereocenters. The molecule has 1 N–H and O–H groups in total. The van der Waals surface area contributed by atoms with Gasteiger partial charge < -0.3 is 10.2 Å². The molecule has 0 aromatic heterocycles. The van der Waals surface area contributed by atoms with Gasteiger partial charge in [0.1, 0.15) is 0 Å².